The highest BCUT2D eigenvalue weighted by molar-refractivity contribution is 9.10. The molecule has 3 N–H and O–H groups in total. The summed E-state index contributed by atoms with van der Waals surface area (Å²) in [4.78, 5) is 0. The van der Waals surface area contributed by atoms with Gasteiger partial charge in [-0.15, -0.1) is 0 Å². The van der Waals surface area contributed by atoms with Crippen molar-refractivity contribution in [2.75, 3.05) is 7.11 Å². The summed E-state index contributed by atoms with van der Waals surface area (Å²) < 4.78 is 6.54. The highest BCUT2D eigenvalue weighted by Gasteiger charge is 2.24. The number of nitrogens with two attached hydrogens (primary N) is 1. The van der Waals surface area contributed by atoms with Gasteiger partial charge in [-0.2, -0.15) is 0 Å². The van der Waals surface area contributed by atoms with E-state index in [1.807, 2.05) is 13.0 Å². The van der Waals surface area contributed by atoms with Crippen molar-refractivity contribution in [2.45, 2.75) is 44.8 Å². The minimum absolute atomic E-state index is 0.0863. The third-order valence-electron chi connectivity index (χ3n) is 3.49. The van der Waals surface area contributed by atoms with Gasteiger partial charge in [0.2, 0.25) is 0 Å². The van der Waals surface area contributed by atoms with Crippen molar-refractivity contribution in [3.63, 3.8) is 0 Å². The van der Waals surface area contributed by atoms with Crippen LogP contribution in [-0.2, 0) is 19.3 Å². The Balaban J connectivity index is 2.53. The molecule has 100 valence electrons. The second kappa shape index (κ2) is 5.59. The van der Waals surface area contributed by atoms with Gasteiger partial charge in [-0.3, -0.25) is 0 Å². The second-order valence-corrected chi connectivity index (χ2v) is 5.93. The van der Waals surface area contributed by atoms with Crippen molar-refractivity contribution in [1.82, 2.24) is 0 Å². The van der Waals surface area contributed by atoms with Crippen LogP contribution in [0.3, 0.4) is 0 Å². The van der Waals surface area contributed by atoms with E-state index in [4.69, 9.17) is 10.5 Å². The normalized spacial score (nSPS) is 20.4. The molecule has 0 saturated carbocycles. The zero-order valence-electron chi connectivity index (χ0n) is 10.9. The van der Waals surface area contributed by atoms with Gasteiger partial charge in [-0.05, 0) is 55.4 Å². The van der Waals surface area contributed by atoms with Crippen molar-refractivity contribution in [3.05, 3.63) is 27.2 Å². The van der Waals surface area contributed by atoms with E-state index in [0.717, 1.165) is 35.0 Å². The number of fused-ring (bicyclic) bond motifs is 1. The van der Waals surface area contributed by atoms with Crippen LogP contribution in [0.25, 0.3) is 0 Å². The maximum atomic E-state index is 9.88. The summed E-state index contributed by atoms with van der Waals surface area (Å²) in [5.74, 6) is 0.868. The van der Waals surface area contributed by atoms with Crippen molar-refractivity contribution in [2.24, 2.45) is 5.73 Å². The van der Waals surface area contributed by atoms with Gasteiger partial charge in [0, 0.05) is 10.5 Å². The molecule has 0 radical (unpaired) electrons. The van der Waals surface area contributed by atoms with E-state index in [-0.39, 0.29) is 12.1 Å². The quantitative estimate of drug-likeness (QED) is 0.899. The lowest BCUT2D eigenvalue weighted by atomic mass is 9.84. The number of aliphatic hydroxyl groups is 1. The standard InChI is InChI=1S/C14H20BrNO2/c1-8(16)5-12-11-6-9(17)3-4-10(11)13(15)7-14(12)18-2/h7-9,17H,3-6,16H2,1-2H3. The maximum Gasteiger partial charge on any atom is 0.123 e. The van der Waals surface area contributed by atoms with Crippen LogP contribution in [0.2, 0.25) is 0 Å². The van der Waals surface area contributed by atoms with Crippen LogP contribution in [0.15, 0.2) is 10.5 Å². The Labute approximate surface area is 116 Å². The van der Waals surface area contributed by atoms with E-state index in [1.54, 1.807) is 7.11 Å². The summed E-state index contributed by atoms with van der Waals surface area (Å²) in [7, 11) is 1.68. The van der Waals surface area contributed by atoms with Crippen LogP contribution >= 0.6 is 15.9 Å². The fraction of sp³-hybridized carbons (Fsp3) is 0.571. The zero-order chi connectivity index (χ0) is 13.3. The number of rotatable bonds is 3. The number of ether oxygens (including phenoxy) is 1. The van der Waals surface area contributed by atoms with Crippen LogP contribution in [0, 0.1) is 0 Å². The van der Waals surface area contributed by atoms with Gasteiger partial charge >= 0.3 is 0 Å². The molecular weight excluding hydrogens is 294 g/mol. The van der Waals surface area contributed by atoms with Crippen LogP contribution in [0.1, 0.15) is 30.0 Å². The van der Waals surface area contributed by atoms with Gasteiger partial charge in [-0.1, -0.05) is 15.9 Å². The van der Waals surface area contributed by atoms with Gasteiger partial charge < -0.3 is 15.6 Å². The van der Waals surface area contributed by atoms with E-state index in [1.165, 1.54) is 11.1 Å². The van der Waals surface area contributed by atoms with Crippen LogP contribution in [0.4, 0.5) is 0 Å². The summed E-state index contributed by atoms with van der Waals surface area (Å²) in [5.41, 5.74) is 9.60. The number of halogens is 1. The number of methoxy groups -OCH3 is 1. The molecule has 1 aromatic carbocycles. The highest BCUT2D eigenvalue weighted by Crippen LogP contribution is 2.37. The molecule has 0 spiro atoms. The van der Waals surface area contributed by atoms with Crippen LogP contribution in [0.5, 0.6) is 5.75 Å². The molecule has 1 aliphatic rings. The molecule has 0 bridgehead atoms. The Hall–Kier alpha value is -0.580. The van der Waals surface area contributed by atoms with Crippen molar-refractivity contribution in [3.8, 4) is 5.75 Å². The number of benzene rings is 1. The van der Waals surface area contributed by atoms with E-state index in [0.29, 0.717) is 6.42 Å². The van der Waals surface area contributed by atoms with Crippen molar-refractivity contribution < 1.29 is 9.84 Å². The predicted octanol–water partition coefficient (Wildman–Crippen LogP) is 2.20. The molecule has 0 fully saturated rings. The number of aliphatic hydroxyl groups excluding tert-OH is 1. The number of hydrogen-bond acceptors (Lipinski definition) is 3. The molecule has 2 unspecified atom stereocenters. The molecular formula is C14H20BrNO2. The topological polar surface area (TPSA) is 55.5 Å². The largest absolute Gasteiger partial charge is 0.496 e. The lowest BCUT2D eigenvalue weighted by Crippen LogP contribution is -2.24. The van der Waals surface area contributed by atoms with Gasteiger partial charge in [-0.25, -0.2) is 0 Å². The molecule has 1 aromatic rings. The SMILES string of the molecule is COc1cc(Br)c2c(c1CC(C)N)CC(O)CC2. The first-order valence-electron chi connectivity index (χ1n) is 6.33. The molecule has 1 aliphatic carbocycles. The Morgan fingerprint density at radius 3 is 2.89 bits per heavy atom. The van der Waals surface area contributed by atoms with Crippen molar-refractivity contribution in [1.29, 1.82) is 0 Å². The molecule has 18 heavy (non-hydrogen) atoms. The molecule has 4 heteroatoms. The summed E-state index contributed by atoms with van der Waals surface area (Å²) in [6.07, 6.45) is 2.98. The van der Waals surface area contributed by atoms with Crippen LogP contribution in [-0.4, -0.2) is 24.4 Å². The third-order valence-corrected chi connectivity index (χ3v) is 4.19. The molecule has 0 aliphatic heterocycles. The van der Waals surface area contributed by atoms with E-state index < -0.39 is 0 Å². The molecule has 0 saturated heterocycles. The molecule has 2 rings (SSSR count). The van der Waals surface area contributed by atoms with Crippen molar-refractivity contribution >= 4 is 15.9 Å². The monoisotopic (exact) mass is 313 g/mol. The van der Waals surface area contributed by atoms with Gasteiger partial charge in [0.15, 0.2) is 0 Å². The van der Waals surface area contributed by atoms with E-state index in [2.05, 4.69) is 15.9 Å². The first-order chi connectivity index (χ1) is 8.52. The summed E-state index contributed by atoms with van der Waals surface area (Å²) in [6.45, 7) is 1.99. The fourth-order valence-electron chi connectivity index (χ4n) is 2.66. The maximum absolute atomic E-state index is 9.88. The first-order valence-corrected chi connectivity index (χ1v) is 7.13. The molecule has 3 nitrogen and oxygen atoms in total. The summed E-state index contributed by atoms with van der Waals surface area (Å²) in [5, 5.41) is 9.88. The summed E-state index contributed by atoms with van der Waals surface area (Å²) >= 11 is 3.60. The van der Waals surface area contributed by atoms with Gasteiger partial charge in [0.1, 0.15) is 5.75 Å². The highest BCUT2D eigenvalue weighted by atomic mass is 79.9. The van der Waals surface area contributed by atoms with E-state index >= 15 is 0 Å². The lowest BCUT2D eigenvalue weighted by molar-refractivity contribution is 0.158. The Morgan fingerprint density at radius 1 is 1.56 bits per heavy atom. The van der Waals surface area contributed by atoms with Gasteiger partial charge in [0.25, 0.3) is 0 Å². The Morgan fingerprint density at radius 2 is 2.28 bits per heavy atom. The first kappa shape index (κ1) is 13.8. The minimum atomic E-state index is -0.247. The Bertz CT molecular complexity index is 446. The molecule has 0 heterocycles. The molecule has 0 amide bonds. The lowest BCUT2D eigenvalue weighted by Gasteiger charge is -2.26. The fourth-order valence-corrected chi connectivity index (χ4v) is 3.30. The predicted molar refractivity (Wildman–Crippen MR) is 76.1 cm³/mol. The van der Waals surface area contributed by atoms with Gasteiger partial charge in [0.05, 0.1) is 13.2 Å². The zero-order valence-corrected chi connectivity index (χ0v) is 12.5. The average molecular weight is 314 g/mol. The number of hydrogen-bond donors (Lipinski definition) is 2. The molecule has 0 aromatic heterocycles. The average Bonchev–Trinajstić information content (AvgIpc) is 2.31. The second-order valence-electron chi connectivity index (χ2n) is 5.07. The third kappa shape index (κ3) is 2.71. The molecule has 2 atom stereocenters. The minimum Gasteiger partial charge on any atom is -0.496 e. The Kier molecular flexibility index (Phi) is 4.30. The van der Waals surface area contributed by atoms with E-state index in [9.17, 15) is 5.11 Å². The van der Waals surface area contributed by atoms with Crippen LogP contribution < -0.4 is 10.5 Å². The smallest absolute Gasteiger partial charge is 0.123 e. The summed E-state index contributed by atoms with van der Waals surface area (Å²) in [6, 6.07) is 2.11.